The monoisotopic (exact) mass is 492 g/mol. The zero-order chi connectivity index (χ0) is 24.1. The van der Waals surface area contributed by atoms with Crippen LogP contribution in [0.2, 0.25) is 0 Å². The molecule has 0 bridgehead atoms. The number of nitrogens with one attached hydrogen (secondary N) is 2. The summed E-state index contributed by atoms with van der Waals surface area (Å²) in [5.74, 6) is 0.689. The quantitative estimate of drug-likeness (QED) is 0.235. The first-order valence-corrected chi connectivity index (χ1v) is 12.7. The van der Waals surface area contributed by atoms with E-state index < -0.39 is 17.9 Å². The lowest BCUT2D eigenvalue weighted by Crippen LogP contribution is -2.44. The van der Waals surface area contributed by atoms with Gasteiger partial charge < -0.3 is 25.8 Å². The van der Waals surface area contributed by atoms with E-state index in [1.807, 2.05) is 48.7 Å². The molecular weight excluding hydrogens is 460 g/mol. The van der Waals surface area contributed by atoms with Crippen LogP contribution < -0.4 is 21.1 Å². The van der Waals surface area contributed by atoms with Gasteiger partial charge in [0, 0.05) is 23.9 Å². The molecule has 0 radical (unpaired) electrons. The third-order valence-electron chi connectivity index (χ3n) is 4.77. The number of anilines is 1. The largest absolute Gasteiger partial charge is 0.467 e. The molecule has 2 atom stereocenters. The number of rotatable bonds is 14. The van der Waals surface area contributed by atoms with Crippen LogP contribution in [0.15, 0.2) is 42.5 Å². The summed E-state index contributed by atoms with van der Waals surface area (Å²) < 4.78 is 10.6. The fraction of sp³-hybridized carbons (Fsp3) is 0.435. The van der Waals surface area contributed by atoms with Crippen LogP contribution in [-0.2, 0) is 14.3 Å². The van der Waals surface area contributed by atoms with Crippen molar-refractivity contribution in [2.45, 2.75) is 24.9 Å². The van der Waals surface area contributed by atoms with Crippen LogP contribution in [0.3, 0.4) is 0 Å². The van der Waals surface area contributed by atoms with Crippen molar-refractivity contribution in [2.75, 3.05) is 43.3 Å². The number of methoxy groups -OCH3 is 1. The predicted molar refractivity (Wildman–Crippen MR) is 137 cm³/mol. The number of hydrogen-bond acceptors (Lipinski definition) is 9. The Hall–Kier alpha value is -2.43. The molecule has 33 heavy (non-hydrogen) atoms. The molecule has 1 amide bonds. The molecule has 0 aliphatic heterocycles. The number of ether oxygens (including phenoxy) is 2. The number of thioether (sulfide) groups is 1. The van der Waals surface area contributed by atoms with E-state index in [9.17, 15) is 9.59 Å². The second kappa shape index (κ2) is 14.7. The Kier molecular flexibility index (Phi) is 11.9. The van der Waals surface area contributed by atoms with E-state index in [4.69, 9.17) is 15.2 Å². The van der Waals surface area contributed by atoms with Gasteiger partial charge in [-0.3, -0.25) is 4.79 Å². The van der Waals surface area contributed by atoms with Gasteiger partial charge in [0.05, 0.1) is 18.5 Å². The van der Waals surface area contributed by atoms with E-state index in [0.717, 1.165) is 17.7 Å². The van der Waals surface area contributed by atoms with Crippen LogP contribution in [0.1, 0.15) is 12.8 Å². The number of amides is 1. The van der Waals surface area contributed by atoms with Gasteiger partial charge in [-0.25, -0.2) is 9.78 Å². The van der Waals surface area contributed by atoms with Gasteiger partial charge in [-0.2, -0.15) is 24.4 Å². The van der Waals surface area contributed by atoms with E-state index in [0.29, 0.717) is 36.0 Å². The van der Waals surface area contributed by atoms with Gasteiger partial charge in [0.1, 0.15) is 6.04 Å². The first-order chi connectivity index (χ1) is 16.0. The summed E-state index contributed by atoms with van der Waals surface area (Å²) in [6.07, 6.45) is 3.13. The fourth-order valence-corrected chi connectivity index (χ4v) is 3.59. The van der Waals surface area contributed by atoms with Crippen LogP contribution >= 0.6 is 24.4 Å². The van der Waals surface area contributed by atoms with Crippen molar-refractivity contribution in [3.8, 4) is 17.1 Å². The molecule has 0 spiro atoms. The highest BCUT2D eigenvalue weighted by molar-refractivity contribution is 7.98. The van der Waals surface area contributed by atoms with Crippen molar-refractivity contribution in [3.63, 3.8) is 0 Å². The first-order valence-electron chi connectivity index (χ1n) is 10.6. The normalized spacial score (nSPS) is 12.5. The Morgan fingerprint density at radius 2 is 1.94 bits per heavy atom. The van der Waals surface area contributed by atoms with Gasteiger partial charge >= 0.3 is 5.97 Å². The number of hydrogen-bond donors (Lipinski definition) is 4. The van der Waals surface area contributed by atoms with Crippen LogP contribution in [0.4, 0.5) is 5.69 Å². The third-order valence-corrected chi connectivity index (χ3v) is 5.88. The van der Waals surface area contributed by atoms with Crippen molar-refractivity contribution in [1.82, 2.24) is 10.3 Å². The fourth-order valence-electron chi connectivity index (χ4n) is 2.94. The molecule has 1 unspecified atom stereocenters. The standard InChI is InChI=1S/C23H32N4O4S2/c1-30-23(29)20(11-13-33-2)26-21(28)14-31-22-19(25-12-10-17(24)15-32)9-8-18(27-22)16-6-4-3-5-7-16/h3-9,17,20,25,32H,10-15,24H2,1-2H3,(H,26,28)/t17?,20-/m0/s1. The van der Waals surface area contributed by atoms with Crippen molar-refractivity contribution >= 4 is 42.0 Å². The molecule has 0 aliphatic rings. The average molecular weight is 493 g/mol. The highest BCUT2D eigenvalue weighted by Gasteiger charge is 2.21. The number of carbonyl (C=O) groups is 2. The average Bonchev–Trinajstić information content (AvgIpc) is 2.85. The summed E-state index contributed by atoms with van der Waals surface area (Å²) in [5, 5.41) is 5.95. The third kappa shape index (κ3) is 9.15. The zero-order valence-corrected chi connectivity index (χ0v) is 20.7. The smallest absolute Gasteiger partial charge is 0.328 e. The van der Waals surface area contributed by atoms with E-state index in [-0.39, 0.29) is 12.6 Å². The summed E-state index contributed by atoms with van der Waals surface area (Å²) in [7, 11) is 1.30. The Bertz CT molecular complexity index is 886. The molecule has 10 heteroatoms. The number of pyridine rings is 1. The lowest BCUT2D eigenvalue weighted by Gasteiger charge is -2.17. The molecule has 1 aromatic heterocycles. The lowest BCUT2D eigenvalue weighted by atomic mass is 10.1. The summed E-state index contributed by atoms with van der Waals surface area (Å²) in [4.78, 5) is 29.1. The second-order valence-corrected chi connectivity index (χ2v) is 8.64. The predicted octanol–water partition coefficient (Wildman–Crippen LogP) is 2.60. The van der Waals surface area contributed by atoms with Crippen molar-refractivity contribution in [2.24, 2.45) is 5.73 Å². The molecule has 0 fully saturated rings. The Balaban J connectivity index is 2.11. The molecule has 0 saturated heterocycles. The second-order valence-electron chi connectivity index (χ2n) is 7.29. The SMILES string of the molecule is COC(=O)[C@H](CCSC)NC(=O)COc1nc(-c2ccccc2)ccc1NCCC(N)CS. The number of aromatic nitrogens is 1. The molecule has 1 heterocycles. The molecule has 0 aliphatic carbocycles. The van der Waals surface area contributed by atoms with Gasteiger partial charge in [0.2, 0.25) is 5.88 Å². The lowest BCUT2D eigenvalue weighted by molar-refractivity contribution is -0.145. The number of benzene rings is 1. The highest BCUT2D eigenvalue weighted by Crippen LogP contribution is 2.27. The van der Waals surface area contributed by atoms with Gasteiger partial charge in [-0.1, -0.05) is 30.3 Å². The summed E-state index contributed by atoms with van der Waals surface area (Å²) in [6, 6.07) is 12.7. The molecular formula is C23H32N4O4S2. The molecule has 8 nitrogen and oxygen atoms in total. The highest BCUT2D eigenvalue weighted by atomic mass is 32.2. The zero-order valence-electron chi connectivity index (χ0n) is 19.0. The van der Waals surface area contributed by atoms with Gasteiger partial charge in [0.15, 0.2) is 6.61 Å². The minimum atomic E-state index is -0.720. The number of carbonyl (C=O) groups excluding carboxylic acids is 2. The van der Waals surface area contributed by atoms with E-state index >= 15 is 0 Å². The van der Waals surface area contributed by atoms with Crippen molar-refractivity contribution < 1.29 is 19.1 Å². The maximum atomic E-state index is 12.5. The molecule has 2 rings (SSSR count). The van der Waals surface area contributed by atoms with E-state index in [1.54, 1.807) is 11.8 Å². The van der Waals surface area contributed by atoms with E-state index in [1.165, 1.54) is 7.11 Å². The number of esters is 1. The Morgan fingerprint density at radius 3 is 2.61 bits per heavy atom. The maximum Gasteiger partial charge on any atom is 0.328 e. The number of nitrogens with two attached hydrogens (primary N) is 1. The molecule has 4 N–H and O–H groups in total. The minimum Gasteiger partial charge on any atom is -0.467 e. The van der Waals surface area contributed by atoms with Gasteiger partial charge in [-0.15, -0.1) is 0 Å². The van der Waals surface area contributed by atoms with Crippen molar-refractivity contribution in [1.29, 1.82) is 0 Å². The molecule has 0 saturated carbocycles. The molecule has 2 aromatic rings. The van der Waals surface area contributed by atoms with Crippen LogP contribution in [0, 0.1) is 0 Å². The van der Waals surface area contributed by atoms with Crippen molar-refractivity contribution in [3.05, 3.63) is 42.5 Å². The van der Waals surface area contributed by atoms with Crippen LogP contribution in [0.25, 0.3) is 11.3 Å². The summed E-state index contributed by atoms with van der Waals surface area (Å²) in [6.45, 7) is 0.318. The number of nitrogens with zero attached hydrogens (tertiary/aromatic N) is 1. The van der Waals surface area contributed by atoms with Crippen LogP contribution in [-0.4, -0.2) is 67.0 Å². The first kappa shape index (κ1) is 26.8. The summed E-state index contributed by atoms with van der Waals surface area (Å²) >= 11 is 5.79. The molecule has 1 aromatic carbocycles. The van der Waals surface area contributed by atoms with Crippen LogP contribution in [0.5, 0.6) is 5.88 Å². The van der Waals surface area contributed by atoms with Gasteiger partial charge in [-0.05, 0) is 37.0 Å². The Morgan fingerprint density at radius 1 is 1.18 bits per heavy atom. The Labute approximate surface area is 204 Å². The van der Waals surface area contributed by atoms with E-state index in [2.05, 4.69) is 28.2 Å². The molecule has 180 valence electrons. The minimum absolute atomic E-state index is 0.0240. The maximum absolute atomic E-state index is 12.5. The topological polar surface area (TPSA) is 116 Å². The summed E-state index contributed by atoms with van der Waals surface area (Å²) in [5.41, 5.74) is 8.24. The number of thiol groups is 1. The van der Waals surface area contributed by atoms with Gasteiger partial charge in [0.25, 0.3) is 5.91 Å².